The minimum atomic E-state index is -0.474. The van der Waals surface area contributed by atoms with Gasteiger partial charge in [0.2, 0.25) is 0 Å². The van der Waals surface area contributed by atoms with Crippen molar-refractivity contribution in [1.29, 1.82) is 0 Å². The summed E-state index contributed by atoms with van der Waals surface area (Å²) in [4.78, 5) is 2.07. The predicted molar refractivity (Wildman–Crippen MR) is 65.1 cm³/mol. The molecule has 1 aliphatic rings. The van der Waals surface area contributed by atoms with Crippen molar-refractivity contribution in [3.63, 3.8) is 0 Å². The average molecular weight is 260 g/mol. The van der Waals surface area contributed by atoms with E-state index in [0.717, 1.165) is 13.0 Å². The second kappa shape index (κ2) is 5.32. The molecule has 0 radical (unpaired) electrons. The van der Waals surface area contributed by atoms with E-state index in [-0.39, 0.29) is 11.6 Å². The highest BCUT2D eigenvalue weighted by atomic mass is 35.5. The summed E-state index contributed by atoms with van der Waals surface area (Å²) in [6, 6.07) is 4.21. The van der Waals surface area contributed by atoms with Gasteiger partial charge < -0.3 is 0 Å². The summed E-state index contributed by atoms with van der Waals surface area (Å²) in [6.45, 7) is 3.29. The third kappa shape index (κ3) is 2.61. The van der Waals surface area contributed by atoms with Gasteiger partial charge in [0.15, 0.2) is 0 Å². The van der Waals surface area contributed by atoms with Crippen molar-refractivity contribution in [2.24, 2.45) is 5.92 Å². The summed E-state index contributed by atoms with van der Waals surface area (Å²) in [5.41, 5.74) is 0.150. The van der Waals surface area contributed by atoms with Crippen LogP contribution in [0.1, 0.15) is 18.9 Å². The summed E-state index contributed by atoms with van der Waals surface area (Å²) in [5, 5.41) is 0. The minimum Gasteiger partial charge on any atom is -0.294 e. The van der Waals surface area contributed by atoms with Gasteiger partial charge in [0.25, 0.3) is 0 Å². The Morgan fingerprint density at radius 3 is 2.59 bits per heavy atom. The first-order valence-corrected chi connectivity index (χ1v) is 6.40. The molecule has 1 saturated heterocycles. The van der Waals surface area contributed by atoms with Gasteiger partial charge in [-0.15, -0.1) is 11.6 Å². The molecule has 2 unspecified atom stereocenters. The number of benzene rings is 1. The van der Waals surface area contributed by atoms with Gasteiger partial charge in [0.1, 0.15) is 11.6 Å². The van der Waals surface area contributed by atoms with E-state index in [4.69, 9.17) is 11.6 Å². The molecule has 0 saturated carbocycles. The third-order valence-corrected chi connectivity index (χ3v) is 3.89. The molecule has 4 heteroatoms. The highest BCUT2D eigenvalue weighted by molar-refractivity contribution is 6.18. The minimum absolute atomic E-state index is 0.150. The molecule has 1 aromatic rings. The van der Waals surface area contributed by atoms with Crippen LogP contribution in [0.2, 0.25) is 0 Å². The van der Waals surface area contributed by atoms with Crippen molar-refractivity contribution in [3.05, 3.63) is 35.4 Å². The van der Waals surface area contributed by atoms with Crippen LogP contribution in [0.15, 0.2) is 18.2 Å². The summed E-state index contributed by atoms with van der Waals surface area (Å²) in [7, 11) is 0. The Balaban J connectivity index is 2.16. The Bertz CT molecular complexity index is 377. The van der Waals surface area contributed by atoms with E-state index in [1.807, 2.05) is 0 Å². The van der Waals surface area contributed by atoms with Crippen LogP contribution in [0, 0.1) is 17.6 Å². The van der Waals surface area contributed by atoms with Gasteiger partial charge in [-0.1, -0.05) is 13.0 Å². The highest BCUT2D eigenvalue weighted by Gasteiger charge is 2.31. The predicted octanol–water partition coefficient (Wildman–Crippen LogP) is 3.41. The molecule has 94 valence electrons. The van der Waals surface area contributed by atoms with Gasteiger partial charge >= 0.3 is 0 Å². The topological polar surface area (TPSA) is 3.24 Å². The van der Waals surface area contributed by atoms with Crippen molar-refractivity contribution in [3.8, 4) is 0 Å². The molecule has 0 N–H and O–H groups in total. The van der Waals surface area contributed by atoms with E-state index in [1.165, 1.54) is 18.2 Å². The fourth-order valence-electron chi connectivity index (χ4n) is 2.42. The van der Waals surface area contributed by atoms with Crippen LogP contribution >= 0.6 is 11.6 Å². The van der Waals surface area contributed by atoms with Crippen LogP contribution in [0.5, 0.6) is 0 Å². The van der Waals surface area contributed by atoms with Crippen molar-refractivity contribution in [2.75, 3.05) is 12.4 Å². The number of rotatable bonds is 3. The molecule has 17 heavy (non-hydrogen) atoms. The monoisotopic (exact) mass is 259 g/mol. The fourth-order valence-corrected chi connectivity index (χ4v) is 2.92. The van der Waals surface area contributed by atoms with Crippen molar-refractivity contribution < 1.29 is 8.78 Å². The Hall–Kier alpha value is -0.670. The average Bonchev–Trinajstić information content (AvgIpc) is 2.64. The lowest BCUT2D eigenvalue weighted by Gasteiger charge is -2.25. The molecule has 0 spiro atoms. The molecule has 1 heterocycles. The SMILES string of the molecule is CC1CCN(Cc2c(F)cccc2F)C1CCl. The van der Waals surface area contributed by atoms with E-state index in [2.05, 4.69) is 11.8 Å². The number of hydrogen-bond donors (Lipinski definition) is 0. The molecule has 1 aliphatic heterocycles. The molecular formula is C13H16ClF2N. The molecule has 2 rings (SSSR count). The number of nitrogens with zero attached hydrogens (tertiary/aromatic N) is 1. The van der Waals surface area contributed by atoms with Gasteiger partial charge in [-0.25, -0.2) is 8.78 Å². The normalized spacial score (nSPS) is 25.4. The summed E-state index contributed by atoms with van der Waals surface area (Å²) in [6.07, 6.45) is 1.04. The smallest absolute Gasteiger partial charge is 0.130 e. The lowest BCUT2D eigenvalue weighted by Crippen LogP contribution is -2.33. The van der Waals surface area contributed by atoms with E-state index in [9.17, 15) is 8.78 Å². The Labute approximate surface area is 105 Å². The van der Waals surface area contributed by atoms with E-state index in [0.29, 0.717) is 18.3 Å². The Kier molecular flexibility index (Phi) is 4.00. The fraction of sp³-hybridized carbons (Fsp3) is 0.538. The number of halogens is 3. The van der Waals surface area contributed by atoms with Crippen LogP contribution in [0.3, 0.4) is 0 Å². The maximum absolute atomic E-state index is 13.5. The standard InChI is InChI=1S/C13H16ClF2N/c1-9-5-6-17(13(9)7-14)8-10-11(15)3-2-4-12(10)16/h2-4,9,13H,5-8H2,1H3. The van der Waals surface area contributed by atoms with Crippen LogP contribution in [0.4, 0.5) is 8.78 Å². The molecule has 1 nitrogen and oxygen atoms in total. The molecule has 0 amide bonds. The number of alkyl halides is 1. The molecular weight excluding hydrogens is 244 g/mol. The van der Waals surface area contributed by atoms with Crippen LogP contribution in [0.25, 0.3) is 0 Å². The first-order valence-electron chi connectivity index (χ1n) is 5.86. The second-order valence-corrected chi connectivity index (χ2v) is 4.97. The number of hydrogen-bond acceptors (Lipinski definition) is 1. The third-order valence-electron chi connectivity index (χ3n) is 3.58. The van der Waals surface area contributed by atoms with Gasteiger partial charge in [-0.3, -0.25) is 4.90 Å². The highest BCUT2D eigenvalue weighted by Crippen LogP contribution is 2.27. The van der Waals surface area contributed by atoms with Gasteiger partial charge in [-0.2, -0.15) is 0 Å². The van der Waals surface area contributed by atoms with E-state index >= 15 is 0 Å². The summed E-state index contributed by atoms with van der Waals surface area (Å²) >= 11 is 5.91. The van der Waals surface area contributed by atoms with Crippen LogP contribution < -0.4 is 0 Å². The molecule has 0 aliphatic carbocycles. The largest absolute Gasteiger partial charge is 0.294 e. The van der Waals surface area contributed by atoms with Gasteiger partial charge in [-0.05, 0) is 31.0 Å². The number of likely N-dealkylation sites (tertiary alicyclic amines) is 1. The first kappa shape index (κ1) is 12.8. The van der Waals surface area contributed by atoms with Crippen molar-refractivity contribution in [1.82, 2.24) is 4.90 Å². The molecule has 1 fully saturated rings. The quantitative estimate of drug-likeness (QED) is 0.752. The maximum atomic E-state index is 13.5. The zero-order valence-corrected chi connectivity index (χ0v) is 10.6. The second-order valence-electron chi connectivity index (χ2n) is 4.66. The zero-order chi connectivity index (χ0) is 12.4. The molecule has 0 bridgehead atoms. The van der Waals surface area contributed by atoms with Gasteiger partial charge in [0.05, 0.1) is 0 Å². The maximum Gasteiger partial charge on any atom is 0.130 e. The Morgan fingerprint density at radius 1 is 1.35 bits per heavy atom. The van der Waals surface area contributed by atoms with Crippen molar-refractivity contribution in [2.45, 2.75) is 25.9 Å². The lowest BCUT2D eigenvalue weighted by molar-refractivity contribution is 0.235. The molecule has 1 aromatic carbocycles. The van der Waals surface area contributed by atoms with E-state index < -0.39 is 11.6 Å². The van der Waals surface area contributed by atoms with E-state index in [1.54, 1.807) is 0 Å². The van der Waals surface area contributed by atoms with Crippen LogP contribution in [-0.4, -0.2) is 23.4 Å². The molecule has 0 aromatic heterocycles. The zero-order valence-electron chi connectivity index (χ0n) is 9.80. The lowest BCUT2D eigenvalue weighted by atomic mass is 10.0. The Morgan fingerprint density at radius 2 is 2.00 bits per heavy atom. The summed E-state index contributed by atoms with van der Waals surface area (Å²) in [5.74, 6) is 0.0510. The van der Waals surface area contributed by atoms with Crippen LogP contribution in [-0.2, 0) is 6.54 Å². The summed E-state index contributed by atoms with van der Waals surface area (Å²) < 4.78 is 27.1. The first-order chi connectivity index (χ1) is 8.13. The van der Waals surface area contributed by atoms with Crippen molar-refractivity contribution >= 4 is 11.6 Å². The molecule has 2 atom stereocenters. The van der Waals surface area contributed by atoms with Gasteiger partial charge in [0, 0.05) is 24.0 Å².